The van der Waals surface area contributed by atoms with E-state index in [-0.39, 0.29) is 12.2 Å². The zero-order chi connectivity index (χ0) is 21.6. The van der Waals surface area contributed by atoms with E-state index < -0.39 is 23.9 Å². The molecule has 1 saturated heterocycles. The fourth-order valence-corrected chi connectivity index (χ4v) is 3.30. The first-order valence-corrected chi connectivity index (χ1v) is 9.81. The van der Waals surface area contributed by atoms with Crippen LogP contribution in [0.4, 0.5) is 9.18 Å². The highest BCUT2D eigenvalue weighted by molar-refractivity contribution is 6.02. The summed E-state index contributed by atoms with van der Waals surface area (Å²) < 4.78 is 25.1. The minimum Gasteiger partial charge on any atom is -0.489 e. The van der Waals surface area contributed by atoms with Crippen LogP contribution in [0.3, 0.4) is 0 Å². The van der Waals surface area contributed by atoms with Crippen LogP contribution in [0.15, 0.2) is 84.9 Å². The van der Waals surface area contributed by atoms with E-state index in [1.54, 1.807) is 6.07 Å². The second kappa shape index (κ2) is 9.26. The van der Waals surface area contributed by atoms with Gasteiger partial charge in [0.1, 0.15) is 30.8 Å². The second-order valence-electron chi connectivity index (χ2n) is 7.00. The van der Waals surface area contributed by atoms with Gasteiger partial charge < -0.3 is 9.47 Å². The summed E-state index contributed by atoms with van der Waals surface area (Å²) >= 11 is 0. The van der Waals surface area contributed by atoms with Gasteiger partial charge in [-0.25, -0.2) is 14.1 Å². The van der Waals surface area contributed by atoms with Gasteiger partial charge in [0.2, 0.25) is 0 Å². The minimum atomic E-state index is -0.714. The van der Waals surface area contributed by atoms with E-state index in [0.717, 1.165) is 16.0 Å². The molecule has 0 N–H and O–H groups in total. The maximum atomic E-state index is 14.5. The number of nitrogens with zero attached hydrogens (tertiary/aromatic N) is 1. The molecule has 0 saturated carbocycles. The van der Waals surface area contributed by atoms with Crippen molar-refractivity contribution in [2.24, 2.45) is 0 Å². The average molecular weight is 417 g/mol. The van der Waals surface area contributed by atoms with E-state index in [1.807, 2.05) is 60.7 Å². The third-order valence-corrected chi connectivity index (χ3v) is 4.92. The standard InChI is InChI=1S/C25H20FNO4/c26-22-15-21(30-16-18-7-3-1-4-8-18)13-11-19(22)12-14-24(28)27-23(17-31-25(27)29)20-9-5-2-6-10-20/h1-15,23H,16-17H2/b14-12-/t23-/m0/s1. The Labute approximate surface area is 179 Å². The number of hydrogen-bond acceptors (Lipinski definition) is 4. The van der Waals surface area contributed by atoms with Crippen molar-refractivity contribution in [2.75, 3.05) is 6.61 Å². The summed E-state index contributed by atoms with van der Waals surface area (Å²) in [6.45, 7) is 0.413. The summed E-state index contributed by atoms with van der Waals surface area (Å²) in [4.78, 5) is 25.8. The topological polar surface area (TPSA) is 55.8 Å². The molecular weight excluding hydrogens is 397 g/mol. The molecule has 3 aromatic carbocycles. The summed E-state index contributed by atoms with van der Waals surface area (Å²) in [7, 11) is 0. The highest BCUT2D eigenvalue weighted by Crippen LogP contribution is 2.28. The molecule has 1 heterocycles. The van der Waals surface area contributed by atoms with Crippen LogP contribution in [0, 0.1) is 5.82 Å². The Balaban J connectivity index is 1.43. The van der Waals surface area contributed by atoms with Gasteiger partial charge in [-0.2, -0.15) is 0 Å². The van der Waals surface area contributed by atoms with Gasteiger partial charge in [-0.1, -0.05) is 60.7 Å². The predicted octanol–water partition coefficient (Wildman–Crippen LogP) is 5.14. The molecule has 0 spiro atoms. The third kappa shape index (κ3) is 4.80. The van der Waals surface area contributed by atoms with Gasteiger partial charge >= 0.3 is 6.09 Å². The van der Waals surface area contributed by atoms with Gasteiger partial charge in [-0.05, 0) is 29.3 Å². The van der Waals surface area contributed by atoms with Gasteiger partial charge in [0.15, 0.2) is 0 Å². The molecule has 1 aliphatic rings. The zero-order valence-corrected chi connectivity index (χ0v) is 16.6. The number of hydrogen-bond donors (Lipinski definition) is 0. The molecule has 5 nitrogen and oxygen atoms in total. The van der Waals surface area contributed by atoms with Crippen molar-refractivity contribution in [2.45, 2.75) is 12.6 Å². The van der Waals surface area contributed by atoms with E-state index in [1.165, 1.54) is 24.3 Å². The van der Waals surface area contributed by atoms with Crippen LogP contribution in [-0.2, 0) is 16.1 Å². The van der Waals surface area contributed by atoms with Gasteiger partial charge in [0.25, 0.3) is 5.91 Å². The number of amides is 2. The molecule has 1 atom stereocenters. The lowest BCUT2D eigenvalue weighted by molar-refractivity contribution is -0.124. The van der Waals surface area contributed by atoms with E-state index in [4.69, 9.17) is 9.47 Å². The third-order valence-electron chi connectivity index (χ3n) is 4.92. The molecule has 0 aromatic heterocycles. The van der Waals surface area contributed by atoms with Crippen LogP contribution < -0.4 is 4.74 Å². The van der Waals surface area contributed by atoms with Crippen LogP contribution in [-0.4, -0.2) is 23.5 Å². The first-order chi connectivity index (χ1) is 15.1. The number of halogens is 1. The van der Waals surface area contributed by atoms with Crippen molar-refractivity contribution in [1.29, 1.82) is 0 Å². The van der Waals surface area contributed by atoms with Gasteiger partial charge in [-0.3, -0.25) is 4.79 Å². The lowest BCUT2D eigenvalue weighted by Gasteiger charge is -2.18. The van der Waals surface area contributed by atoms with Crippen LogP contribution in [0.1, 0.15) is 22.7 Å². The maximum Gasteiger partial charge on any atom is 0.417 e. The number of imide groups is 1. The Kier molecular flexibility index (Phi) is 6.08. The second-order valence-corrected chi connectivity index (χ2v) is 7.00. The first-order valence-electron chi connectivity index (χ1n) is 9.81. The molecule has 0 bridgehead atoms. The summed E-state index contributed by atoms with van der Waals surface area (Å²) in [5.41, 5.74) is 1.98. The molecule has 0 radical (unpaired) electrons. The molecule has 0 unspecified atom stereocenters. The van der Waals surface area contributed by atoms with Crippen LogP contribution in [0.5, 0.6) is 5.75 Å². The number of benzene rings is 3. The van der Waals surface area contributed by atoms with Gasteiger partial charge in [0, 0.05) is 17.7 Å². The molecule has 6 heteroatoms. The smallest absolute Gasteiger partial charge is 0.417 e. The molecular formula is C25H20FNO4. The van der Waals surface area contributed by atoms with Gasteiger partial charge in [-0.15, -0.1) is 0 Å². The van der Waals surface area contributed by atoms with Crippen LogP contribution in [0.25, 0.3) is 6.08 Å². The number of carbonyl (C=O) groups excluding carboxylic acids is 2. The molecule has 4 rings (SSSR count). The fourth-order valence-electron chi connectivity index (χ4n) is 3.30. The van der Waals surface area contributed by atoms with E-state index >= 15 is 0 Å². The molecule has 1 fully saturated rings. The van der Waals surface area contributed by atoms with Crippen LogP contribution >= 0.6 is 0 Å². The summed E-state index contributed by atoms with van der Waals surface area (Å²) in [5.74, 6) is -0.713. The van der Waals surface area contributed by atoms with Crippen molar-refractivity contribution in [3.8, 4) is 5.75 Å². The largest absolute Gasteiger partial charge is 0.489 e. The lowest BCUT2D eigenvalue weighted by atomic mass is 10.1. The summed E-state index contributed by atoms with van der Waals surface area (Å²) in [5, 5.41) is 0. The Morgan fingerprint density at radius 3 is 2.48 bits per heavy atom. The van der Waals surface area contributed by atoms with E-state index in [2.05, 4.69) is 0 Å². The summed E-state index contributed by atoms with van der Waals surface area (Å²) in [6.07, 6.45) is 1.80. The van der Waals surface area contributed by atoms with E-state index in [9.17, 15) is 14.0 Å². The maximum absolute atomic E-state index is 14.5. The average Bonchev–Trinajstić information content (AvgIpc) is 3.19. The molecule has 2 amide bonds. The molecule has 156 valence electrons. The summed E-state index contributed by atoms with van der Waals surface area (Å²) in [6, 6.07) is 22.6. The number of carbonyl (C=O) groups is 2. The highest BCUT2D eigenvalue weighted by Gasteiger charge is 2.37. The monoisotopic (exact) mass is 417 g/mol. The quantitative estimate of drug-likeness (QED) is 0.521. The normalized spacial score (nSPS) is 15.8. The van der Waals surface area contributed by atoms with E-state index in [0.29, 0.717) is 12.4 Å². The van der Waals surface area contributed by atoms with Crippen molar-refractivity contribution in [3.05, 3.63) is 107 Å². The highest BCUT2D eigenvalue weighted by atomic mass is 19.1. The van der Waals surface area contributed by atoms with Crippen molar-refractivity contribution in [3.63, 3.8) is 0 Å². The first kappa shape index (κ1) is 20.3. The Bertz CT molecular complexity index is 1100. The number of rotatable bonds is 6. The fraction of sp³-hybridized carbons (Fsp3) is 0.120. The Morgan fingerprint density at radius 2 is 1.77 bits per heavy atom. The minimum absolute atomic E-state index is 0.0875. The lowest BCUT2D eigenvalue weighted by Crippen LogP contribution is -2.32. The molecule has 1 aliphatic heterocycles. The molecule has 31 heavy (non-hydrogen) atoms. The predicted molar refractivity (Wildman–Crippen MR) is 114 cm³/mol. The Hall–Kier alpha value is -3.93. The van der Waals surface area contributed by atoms with Crippen molar-refractivity contribution >= 4 is 18.1 Å². The SMILES string of the molecule is O=C(/C=C\c1ccc(OCc2ccccc2)cc1F)N1C(=O)OC[C@H]1c1ccccc1. The van der Waals surface area contributed by atoms with Gasteiger partial charge in [0.05, 0.1) is 0 Å². The molecule has 3 aromatic rings. The molecule has 0 aliphatic carbocycles. The van der Waals surface area contributed by atoms with Crippen LogP contribution in [0.2, 0.25) is 0 Å². The van der Waals surface area contributed by atoms with Crippen molar-refractivity contribution < 1.29 is 23.5 Å². The Morgan fingerprint density at radius 1 is 1.06 bits per heavy atom. The number of ether oxygens (including phenoxy) is 2. The van der Waals surface area contributed by atoms with Crippen molar-refractivity contribution in [1.82, 2.24) is 4.90 Å². The number of cyclic esters (lactones) is 1. The zero-order valence-electron chi connectivity index (χ0n) is 16.6.